The van der Waals surface area contributed by atoms with Crippen molar-refractivity contribution in [1.29, 1.82) is 0 Å². The maximum atomic E-state index is 12.7. The van der Waals surface area contributed by atoms with Gasteiger partial charge in [-0.05, 0) is 77.4 Å². The number of hydrogen-bond acceptors (Lipinski definition) is 17. The Balaban J connectivity index is 0.000000265. The molecule has 21 nitrogen and oxygen atoms in total. The molecule has 0 saturated carbocycles. The number of methoxy groups -OCH3 is 1. The lowest BCUT2D eigenvalue weighted by molar-refractivity contribution is -0.205. The fraction of sp³-hybridized carbons (Fsp3) is 0.641. The molecule has 0 spiro atoms. The summed E-state index contributed by atoms with van der Waals surface area (Å²) in [5, 5.41) is 4.08. The van der Waals surface area contributed by atoms with Crippen LogP contribution in [0.15, 0.2) is 24.3 Å². The lowest BCUT2D eigenvalue weighted by atomic mass is 9.79. The number of carbonyl (C=O) groups excluding carboxylic acids is 10. The number of hydrogen-bond donors (Lipinski definition) is 1. The molecule has 3 saturated heterocycles. The van der Waals surface area contributed by atoms with Crippen LogP contribution in [0.5, 0.6) is 0 Å². The van der Waals surface area contributed by atoms with E-state index in [1.165, 1.54) is 0 Å². The Hall–Kier alpha value is -5.70. The zero-order valence-corrected chi connectivity index (χ0v) is 34.0. The fourth-order valence-electron chi connectivity index (χ4n) is 6.50. The summed E-state index contributed by atoms with van der Waals surface area (Å²) in [6.07, 6.45) is 7.22. The van der Waals surface area contributed by atoms with Gasteiger partial charge in [-0.25, -0.2) is 19.2 Å². The van der Waals surface area contributed by atoms with Crippen LogP contribution in [0, 0.1) is 10.8 Å². The second-order valence-electron chi connectivity index (χ2n) is 15.1. The van der Waals surface area contributed by atoms with Crippen LogP contribution in [0.3, 0.4) is 0 Å². The van der Waals surface area contributed by atoms with Crippen LogP contribution < -0.4 is 5.32 Å². The van der Waals surface area contributed by atoms with E-state index >= 15 is 0 Å². The normalized spacial score (nSPS) is 26.8. The van der Waals surface area contributed by atoms with Crippen molar-refractivity contribution < 1.29 is 81.4 Å². The molecule has 7 amide bonds. The Morgan fingerprint density at radius 1 is 0.600 bits per heavy atom. The summed E-state index contributed by atoms with van der Waals surface area (Å²) in [6, 6.07) is 0. The molecule has 0 aromatic heterocycles. The fourth-order valence-corrected chi connectivity index (χ4v) is 6.50. The lowest BCUT2D eigenvalue weighted by Gasteiger charge is -2.30. The summed E-state index contributed by atoms with van der Waals surface area (Å²) in [7, 11) is 1.58. The molecule has 4 atom stereocenters. The smallest absolute Gasteiger partial charge is 0.442 e. The van der Waals surface area contributed by atoms with Crippen molar-refractivity contribution >= 4 is 59.6 Å². The van der Waals surface area contributed by atoms with Crippen molar-refractivity contribution in [2.45, 2.75) is 116 Å². The Morgan fingerprint density at radius 2 is 1.02 bits per heavy atom. The number of alkyl carbamates (subject to hydrolysis) is 1. The maximum absolute atomic E-state index is 12.7. The molecule has 0 aromatic carbocycles. The number of rotatable bonds is 13. The summed E-state index contributed by atoms with van der Waals surface area (Å²) < 4.78 is 20.7. The minimum Gasteiger partial charge on any atom is -0.442 e. The van der Waals surface area contributed by atoms with E-state index in [4.69, 9.17) is 28.6 Å². The van der Waals surface area contributed by atoms with Crippen molar-refractivity contribution in [2.24, 2.45) is 10.8 Å². The molecule has 2 aliphatic carbocycles. The van der Waals surface area contributed by atoms with E-state index in [9.17, 15) is 47.9 Å². The van der Waals surface area contributed by atoms with Gasteiger partial charge in [-0.3, -0.25) is 33.6 Å². The first-order valence-corrected chi connectivity index (χ1v) is 19.8. The van der Waals surface area contributed by atoms with Gasteiger partial charge in [0.25, 0.3) is 35.4 Å². The van der Waals surface area contributed by atoms with Gasteiger partial charge in [0, 0.05) is 52.2 Å². The third kappa shape index (κ3) is 13.4. The summed E-state index contributed by atoms with van der Waals surface area (Å²) in [5.74, 6) is -4.71. The predicted molar refractivity (Wildman–Crippen MR) is 199 cm³/mol. The van der Waals surface area contributed by atoms with Gasteiger partial charge in [0.1, 0.15) is 12.2 Å². The van der Waals surface area contributed by atoms with Crippen molar-refractivity contribution in [2.75, 3.05) is 33.5 Å². The predicted octanol–water partition coefficient (Wildman–Crippen LogP) is 2.80. The Bertz CT molecular complexity index is 1680. The molecule has 60 heavy (non-hydrogen) atoms. The second kappa shape index (κ2) is 22.1. The monoisotopic (exact) mass is 848 g/mol. The molecule has 5 rings (SSSR count). The summed E-state index contributed by atoms with van der Waals surface area (Å²) in [6.45, 7) is 4.96. The molecule has 330 valence electrons. The van der Waals surface area contributed by atoms with Gasteiger partial charge >= 0.3 is 24.2 Å². The molecular formula is C39H52N4O17. The third-order valence-corrected chi connectivity index (χ3v) is 10.4. The average Bonchev–Trinajstić information content (AvgIpc) is 3.82. The minimum absolute atomic E-state index is 0.00557. The van der Waals surface area contributed by atoms with Crippen LogP contribution in [0.25, 0.3) is 0 Å². The Morgan fingerprint density at radius 3 is 1.45 bits per heavy atom. The molecule has 0 unspecified atom stereocenters. The lowest BCUT2D eigenvalue weighted by Crippen LogP contribution is -2.40. The highest BCUT2D eigenvalue weighted by molar-refractivity contribution is 6.03. The molecule has 21 heteroatoms. The number of carbonyl (C=O) groups is 10. The highest BCUT2D eigenvalue weighted by Gasteiger charge is 2.43. The number of nitrogens with zero attached hydrogens (tertiary/aromatic N) is 3. The van der Waals surface area contributed by atoms with Crippen molar-refractivity contribution in [3.63, 3.8) is 0 Å². The molecule has 0 radical (unpaired) electrons. The molecule has 3 fully saturated rings. The third-order valence-electron chi connectivity index (χ3n) is 10.4. The van der Waals surface area contributed by atoms with Crippen LogP contribution >= 0.6 is 0 Å². The topological polar surface area (TPSA) is 257 Å². The van der Waals surface area contributed by atoms with Crippen LogP contribution in [-0.4, -0.2) is 121 Å². The van der Waals surface area contributed by atoms with E-state index in [0.29, 0.717) is 80.1 Å². The molecule has 3 heterocycles. The van der Waals surface area contributed by atoms with Crippen LogP contribution in [0.4, 0.5) is 9.59 Å². The SMILES string of the molecule is COCCOCCNC(=O)O[C@@H]1/C=C/CC[C@](C)(C(=O)ON2C(=O)CCC2=O)CC1.C[C@]1(C(=O)ON2C(=O)CCC2=O)CC/C=C/[C@@H](OC(=O)ON2C(=O)CCC2=O)CC1. The first-order valence-electron chi connectivity index (χ1n) is 19.8. The van der Waals surface area contributed by atoms with E-state index in [1.807, 2.05) is 6.08 Å². The summed E-state index contributed by atoms with van der Waals surface area (Å²) in [5.41, 5.74) is -1.92. The number of imide groups is 3. The van der Waals surface area contributed by atoms with E-state index in [-0.39, 0.29) is 51.4 Å². The van der Waals surface area contributed by atoms with Gasteiger partial charge < -0.3 is 33.9 Å². The largest absolute Gasteiger partial charge is 0.534 e. The minimum atomic E-state index is -1.20. The first kappa shape index (κ1) is 47.0. The highest BCUT2D eigenvalue weighted by atomic mass is 16.8. The van der Waals surface area contributed by atoms with Crippen molar-refractivity contribution in [3.05, 3.63) is 24.3 Å². The summed E-state index contributed by atoms with van der Waals surface area (Å²) >= 11 is 0. The van der Waals surface area contributed by atoms with Gasteiger partial charge in [-0.1, -0.05) is 17.2 Å². The molecule has 5 aliphatic rings. The standard InChI is InChI=1S/C20H30N2O8.C19H22N2O9/c1-20(18(25)30-22-16(23)6-7-17(22)24)9-4-3-5-15(8-10-20)29-19(26)21-11-12-28-14-13-27-2;1-19(17(26)29-20-13(22)5-6-14(20)23)10-3-2-4-12(9-11-19)28-18(27)30-21-15(24)7-8-16(21)25/h3,5,15H,4,6-14H2,1-2H3,(H,21,26);2,4,12H,3,5-11H2,1H3/b5-3+;4-2+/t15-,20+;12-,19+/m11/s1. The van der Waals surface area contributed by atoms with E-state index < -0.39 is 82.7 Å². The van der Waals surface area contributed by atoms with Gasteiger partial charge in [-0.15, -0.1) is 10.1 Å². The quantitative estimate of drug-likeness (QED) is 0.121. The van der Waals surface area contributed by atoms with Gasteiger partial charge in [0.05, 0.1) is 30.7 Å². The zero-order valence-electron chi connectivity index (χ0n) is 34.0. The van der Waals surface area contributed by atoms with E-state index in [0.717, 1.165) is 0 Å². The number of nitrogens with one attached hydrogen (secondary N) is 1. The molecule has 0 bridgehead atoms. The molecular weight excluding hydrogens is 796 g/mol. The zero-order chi connectivity index (χ0) is 43.9. The van der Waals surface area contributed by atoms with Crippen molar-refractivity contribution in [3.8, 4) is 0 Å². The number of allylic oxidation sites excluding steroid dienone is 2. The van der Waals surface area contributed by atoms with E-state index in [1.54, 1.807) is 39.2 Å². The van der Waals surface area contributed by atoms with Crippen LogP contribution in [0.1, 0.15) is 104 Å². The number of amides is 7. The van der Waals surface area contributed by atoms with Gasteiger partial charge in [0.15, 0.2) is 0 Å². The van der Waals surface area contributed by atoms with Crippen LogP contribution in [-0.2, 0) is 71.8 Å². The molecule has 3 aliphatic heterocycles. The van der Waals surface area contributed by atoms with Crippen molar-refractivity contribution in [1.82, 2.24) is 20.5 Å². The van der Waals surface area contributed by atoms with E-state index in [2.05, 4.69) is 10.2 Å². The number of ether oxygens (including phenoxy) is 4. The van der Waals surface area contributed by atoms with Gasteiger partial charge in [-0.2, -0.15) is 0 Å². The molecule has 0 aromatic rings. The summed E-state index contributed by atoms with van der Waals surface area (Å²) in [4.78, 5) is 134. The first-order chi connectivity index (χ1) is 28.5. The average molecular weight is 849 g/mol. The van der Waals surface area contributed by atoms with Crippen LogP contribution in [0.2, 0.25) is 0 Å². The highest BCUT2D eigenvalue weighted by Crippen LogP contribution is 2.36. The Kier molecular flexibility index (Phi) is 17.3. The van der Waals surface area contributed by atoms with Gasteiger partial charge in [0.2, 0.25) is 0 Å². The number of hydroxylamine groups is 6. The Labute approximate surface area is 345 Å². The maximum Gasteiger partial charge on any atom is 0.534 e. The second-order valence-corrected chi connectivity index (χ2v) is 15.1. The molecule has 1 N–H and O–H groups in total.